The van der Waals surface area contributed by atoms with E-state index >= 15 is 0 Å². The Labute approximate surface area is 55.2 Å². The summed E-state index contributed by atoms with van der Waals surface area (Å²) >= 11 is 1.47. The Morgan fingerprint density at radius 2 is 1.00 bits per heavy atom. The Kier molecular flexibility index (Phi) is 87.2. The second kappa shape index (κ2) is 20.7. The molecular formula is H2Cl2PZr. The zero-order valence-electron chi connectivity index (χ0n) is 1.83. The van der Waals surface area contributed by atoms with Crippen LogP contribution >= 0.6 is 6.53 Å². The van der Waals surface area contributed by atoms with Crippen molar-refractivity contribution >= 4 is 6.53 Å². The average molecular weight is 195 g/mol. The summed E-state index contributed by atoms with van der Waals surface area (Å²) in [6, 6.07) is 0. The minimum atomic E-state index is 0. The van der Waals surface area contributed by atoms with Gasteiger partial charge in [-0.25, -0.2) is 0 Å². The molecule has 0 rings (SSSR count). The molecule has 0 nitrogen and oxygen atoms in total. The van der Waals surface area contributed by atoms with E-state index < -0.39 is 0 Å². The Bertz CT molecular complexity index is 6.00. The molecule has 0 aromatic heterocycles. The fourth-order valence-electron chi connectivity index (χ4n) is 0. The van der Waals surface area contributed by atoms with Crippen molar-refractivity contribution in [2.45, 2.75) is 0 Å². The second-order valence-corrected chi connectivity index (χ2v) is 0. The van der Waals surface area contributed by atoms with Crippen LogP contribution in [0.4, 0.5) is 0 Å². The van der Waals surface area contributed by atoms with Gasteiger partial charge in [-0.2, -0.15) is 0 Å². The summed E-state index contributed by atoms with van der Waals surface area (Å²) < 4.78 is 0. The molecule has 0 N–H and O–H groups in total. The molecule has 0 fully saturated rings. The first-order chi connectivity index (χ1) is 1.00. The van der Waals surface area contributed by atoms with Crippen molar-refractivity contribution in [2.75, 3.05) is 0 Å². The number of hydrogen-bond acceptors (Lipinski definition) is 0. The second-order valence-electron chi connectivity index (χ2n) is 0. The summed E-state index contributed by atoms with van der Waals surface area (Å²) in [7, 11) is 0. The van der Waals surface area contributed by atoms with Gasteiger partial charge in [0.25, 0.3) is 0 Å². The van der Waals surface area contributed by atoms with Gasteiger partial charge in [-0.1, -0.05) is 0 Å². The Balaban J connectivity index is -0.00000000500. The van der Waals surface area contributed by atoms with Gasteiger partial charge in [0, 0.05) is 0 Å². The first-order valence-corrected chi connectivity index (χ1v) is 5.12. The van der Waals surface area contributed by atoms with Crippen LogP contribution in [0, 0.1) is 0 Å². The first-order valence-electron chi connectivity index (χ1n) is 0.289. The molecule has 1 unspecified atom stereocenters. The Hall–Kier alpha value is 1.89. The molecule has 0 radical (unpaired) electrons. The van der Waals surface area contributed by atoms with Crippen LogP contribution in [0.25, 0.3) is 0 Å². The summed E-state index contributed by atoms with van der Waals surface area (Å²) in [4.78, 5) is 0. The van der Waals surface area contributed by atoms with Crippen molar-refractivity contribution in [2.24, 2.45) is 0 Å². The molecule has 0 aliphatic heterocycles. The van der Waals surface area contributed by atoms with E-state index in [9.17, 15) is 0 Å². The van der Waals surface area contributed by atoms with Crippen molar-refractivity contribution in [1.82, 2.24) is 0 Å². The molecule has 0 bridgehead atoms. The molecule has 25 valence electrons. The van der Waals surface area contributed by atoms with Crippen LogP contribution in [0.3, 0.4) is 0 Å². The quantitative estimate of drug-likeness (QED) is 0.338. The first kappa shape index (κ1) is 16.9. The summed E-state index contributed by atoms with van der Waals surface area (Å²) in [6.07, 6.45) is 0. The molecule has 0 aliphatic carbocycles. The zero-order valence-corrected chi connectivity index (χ0v) is 6.96. The minimum absolute atomic E-state index is 0. The molecule has 1 atom stereocenters. The fraction of sp³-hybridized carbons (Fsp3) is 0. The van der Waals surface area contributed by atoms with Gasteiger partial charge in [0.05, 0.1) is 0 Å². The van der Waals surface area contributed by atoms with Crippen LogP contribution in [-0.4, -0.2) is 0 Å². The molecule has 4 heavy (non-hydrogen) atoms. The van der Waals surface area contributed by atoms with E-state index in [-0.39, 0.29) is 24.8 Å². The van der Waals surface area contributed by atoms with Crippen LogP contribution in [0.2, 0.25) is 0 Å². The fourth-order valence-corrected chi connectivity index (χ4v) is 0. The molecule has 0 aliphatic rings. The summed E-state index contributed by atoms with van der Waals surface area (Å²) in [6.45, 7) is 2.51. The number of halogens is 2. The maximum absolute atomic E-state index is 2.51. The third kappa shape index (κ3) is 9.09. The third-order valence-corrected chi connectivity index (χ3v) is 0. The van der Waals surface area contributed by atoms with E-state index in [1.807, 2.05) is 0 Å². The molecule has 0 spiro atoms. The van der Waals surface area contributed by atoms with Crippen LogP contribution in [0.1, 0.15) is 0 Å². The van der Waals surface area contributed by atoms with Gasteiger partial charge in [0.2, 0.25) is 0 Å². The van der Waals surface area contributed by atoms with Gasteiger partial charge in [0.1, 0.15) is 0 Å². The van der Waals surface area contributed by atoms with Crippen LogP contribution < -0.4 is 24.8 Å². The molecule has 0 saturated heterocycles. The number of hydrogen-bond donors (Lipinski definition) is 0. The Morgan fingerprint density at radius 3 is 1.00 bits per heavy atom. The van der Waals surface area contributed by atoms with Gasteiger partial charge in [-0.05, 0) is 0 Å². The number of rotatable bonds is 0. The molecule has 0 aromatic rings. The van der Waals surface area contributed by atoms with Gasteiger partial charge in [-0.15, -0.1) is 0 Å². The van der Waals surface area contributed by atoms with E-state index in [1.54, 1.807) is 0 Å². The molecule has 0 saturated carbocycles. The molecule has 4 heteroatoms. The zero-order chi connectivity index (χ0) is 2.00. The maximum atomic E-state index is 2.51. The van der Waals surface area contributed by atoms with Crippen molar-refractivity contribution in [3.05, 3.63) is 0 Å². The van der Waals surface area contributed by atoms with Gasteiger partial charge in [-0.3, -0.25) is 0 Å². The molecule has 0 heterocycles. The predicted octanol–water partition coefficient (Wildman–Crippen LogP) is -5.67. The van der Waals surface area contributed by atoms with Crippen molar-refractivity contribution < 1.29 is 49.0 Å². The van der Waals surface area contributed by atoms with E-state index in [1.165, 1.54) is 24.1 Å². The van der Waals surface area contributed by atoms with E-state index in [0.717, 1.165) is 0 Å². The average Bonchev–Trinajstić information content (AvgIpc) is 1.00. The summed E-state index contributed by atoms with van der Waals surface area (Å²) in [5.41, 5.74) is 0. The van der Waals surface area contributed by atoms with Crippen LogP contribution in [-0.2, 0) is 24.1 Å². The molecule has 0 amide bonds. The third-order valence-electron chi connectivity index (χ3n) is 0. The molecular weight excluding hydrogens is 193 g/mol. The van der Waals surface area contributed by atoms with Gasteiger partial charge in [0.15, 0.2) is 0 Å². The van der Waals surface area contributed by atoms with Crippen LogP contribution in [0.5, 0.6) is 0 Å². The topological polar surface area (TPSA) is 0 Å². The van der Waals surface area contributed by atoms with Crippen molar-refractivity contribution in [1.29, 1.82) is 0 Å². The van der Waals surface area contributed by atoms with Crippen molar-refractivity contribution in [3.8, 4) is 0 Å². The van der Waals surface area contributed by atoms with Crippen LogP contribution in [0.15, 0.2) is 0 Å². The monoisotopic (exact) mass is 193 g/mol. The predicted molar refractivity (Wildman–Crippen MR) is 9.71 cm³/mol. The van der Waals surface area contributed by atoms with E-state index in [4.69, 9.17) is 0 Å². The van der Waals surface area contributed by atoms with Crippen molar-refractivity contribution in [3.63, 3.8) is 0 Å². The Morgan fingerprint density at radius 1 is 1.00 bits per heavy atom. The molecule has 0 aromatic carbocycles. The SMILES string of the molecule is [Cl-].[Cl-].[PH2][Zr+2]. The standard InChI is InChI=1S/2ClH.H2P.Zr/h2*1H;1H2;/q;;-1;+3/p-2. The van der Waals surface area contributed by atoms with E-state index in [2.05, 4.69) is 6.53 Å². The van der Waals surface area contributed by atoms with Gasteiger partial charge >= 0.3 is 30.7 Å². The summed E-state index contributed by atoms with van der Waals surface area (Å²) in [5, 5.41) is 0. The van der Waals surface area contributed by atoms with E-state index in [0.29, 0.717) is 0 Å². The summed E-state index contributed by atoms with van der Waals surface area (Å²) in [5.74, 6) is 0. The normalized spacial score (nSPS) is 1.75. The van der Waals surface area contributed by atoms with Gasteiger partial charge < -0.3 is 24.8 Å².